The molecule has 1 heterocycles. The van der Waals surface area contributed by atoms with Gasteiger partial charge in [-0.05, 0) is 40.3 Å². The van der Waals surface area contributed by atoms with Gasteiger partial charge in [0.05, 0.1) is 5.69 Å². The Labute approximate surface area is 153 Å². The normalized spacial score (nSPS) is 11.2. The number of rotatable bonds is 4. The van der Waals surface area contributed by atoms with Gasteiger partial charge in [0.25, 0.3) is 0 Å². The molecule has 0 aliphatic carbocycles. The lowest BCUT2D eigenvalue weighted by atomic mass is 9.98. The minimum Gasteiger partial charge on any atom is -0.354 e. The Morgan fingerprint density at radius 1 is 0.808 bits per heavy atom. The first-order chi connectivity index (χ1) is 12.7. The molecule has 2 heteroatoms. The van der Waals surface area contributed by atoms with E-state index >= 15 is 0 Å². The molecule has 4 aromatic rings. The summed E-state index contributed by atoms with van der Waals surface area (Å²) in [6, 6.07) is 25.0. The summed E-state index contributed by atoms with van der Waals surface area (Å²) < 4.78 is 0. The lowest BCUT2D eigenvalue weighted by Crippen LogP contribution is -1.87. The number of carbonyl (C=O) groups is 1. The van der Waals surface area contributed by atoms with Crippen molar-refractivity contribution in [1.29, 1.82) is 0 Å². The number of fused-ring (bicyclic) bond motifs is 1. The van der Waals surface area contributed by atoms with Gasteiger partial charge in [0.15, 0.2) is 6.29 Å². The summed E-state index contributed by atoms with van der Waals surface area (Å²) in [5.41, 5.74) is 7.23. The third kappa shape index (κ3) is 2.84. The number of carbonyl (C=O) groups excluding carboxylic acids is 1. The molecule has 0 atom stereocenters. The Bertz CT molecular complexity index is 1060. The first kappa shape index (κ1) is 16.3. The molecule has 0 saturated heterocycles. The van der Waals surface area contributed by atoms with E-state index in [4.69, 9.17) is 0 Å². The van der Waals surface area contributed by atoms with E-state index < -0.39 is 0 Å². The van der Waals surface area contributed by atoms with Crippen molar-refractivity contribution in [3.8, 4) is 22.4 Å². The van der Waals surface area contributed by atoms with Crippen molar-refractivity contribution >= 4 is 17.2 Å². The van der Waals surface area contributed by atoms with Crippen LogP contribution >= 0.6 is 0 Å². The molecular formula is C24H21NO. The van der Waals surface area contributed by atoms with Crippen molar-refractivity contribution in [2.75, 3.05) is 0 Å². The highest BCUT2D eigenvalue weighted by molar-refractivity contribution is 6.04. The molecule has 0 fully saturated rings. The molecule has 0 bridgehead atoms. The summed E-state index contributed by atoms with van der Waals surface area (Å²) >= 11 is 0. The number of hydrogen-bond donors (Lipinski definition) is 1. The molecule has 0 aliphatic heterocycles. The van der Waals surface area contributed by atoms with Crippen LogP contribution in [-0.2, 0) is 0 Å². The third-order valence-electron chi connectivity index (χ3n) is 4.93. The molecule has 1 aromatic heterocycles. The van der Waals surface area contributed by atoms with Crippen LogP contribution in [0.5, 0.6) is 0 Å². The Kier molecular flexibility index (Phi) is 4.18. The van der Waals surface area contributed by atoms with Crippen LogP contribution in [0, 0.1) is 0 Å². The first-order valence-electron chi connectivity index (χ1n) is 8.94. The van der Waals surface area contributed by atoms with E-state index in [2.05, 4.69) is 73.4 Å². The number of hydrogen-bond acceptors (Lipinski definition) is 1. The first-order valence-corrected chi connectivity index (χ1v) is 8.94. The average Bonchev–Trinajstić information content (AvgIpc) is 3.06. The van der Waals surface area contributed by atoms with Crippen molar-refractivity contribution in [3.05, 3.63) is 83.9 Å². The van der Waals surface area contributed by atoms with E-state index in [-0.39, 0.29) is 0 Å². The van der Waals surface area contributed by atoms with Gasteiger partial charge in [-0.25, -0.2) is 0 Å². The zero-order chi connectivity index (χ0) is 18.1. The molecule has 1 N–H and O–H groups in total. The summed E-state index contributed by atoms with van der Waals surface area (Å²) in [5, 5.41) is 0.994. The summed E-state index contributed by atoms with van der Waals surface area (Å²) in [4.78, 5) is 15.3. The largest absolute Gasteiger partial charge is 0.354 e. The summed E-state index contributed by atoms with van der Waals surface area (Å²) in [6.07, 6.45) is 0.962. The molecular weight excluding hydrogens is 318 g/mol. The molecule has 0 spiro atoms. The van der Waals surface area contributed by atoms with Gasteiger partial charge >= 0.3 is 0 Å². The molecule has 0 saturated carbocycles. The second-order valence-corrected chi connectivity index (χ2v) is 6.93. The highest BCUT2D eigenvalue weighted by Crippen LogP contribution is 2.32. The van der Waals surface area contributed by atoms with Crippen LogP contribution in [0.15, 0.2) is 72.8 Å². The maximum absolute atomic E-state index is 11.8. The smallest absolute Gasteiger partial charge is 0.152 e. The summed E-state index contributed by atoms with van der Waals surface area (Å²) in [7, 11) is 0. The van der Waals surface area contributed by atoms with E-state index in [0.717, 1.165) is 34.0 Å². The van der Waals surface area contributed by atoms with Crippen LogP contribution in [0.25, 0.3) is 33.3 Å². The predicted molar refractivity (Wildman–Crippen MR) is 109 cm³/mol. The molecule has 0 radical (unpaired) electrons. The number of H-pyrrole nitrogens is 1. The number of nitrogens with one attached hydrogen (secondary N) is 1. The maximum Gasteiger partial charge on any atom is 0.152 e. The SMILES string of the molecule is CC(C)c1ccc2[nH]c(-c3ccc(-c4ccccc4)cc3)c(C=O)c2c1. The molecule has 4 rings (SSSR count). The molecule has 0 aliphatic rings. The van der Waals surface area contributed by atoms with Crippen LogP contribution < -0.4 is 0 Å². The van der Waals surface area contributed by atoms with Gasteiger partial charge in [0, 0.05) is 16.5 Å². The van der Waals surface area contributed by atoms with Crippen molar-refractivity contribution < 1.29 is 4.79 Å². The number of benzene rings is 3. The van der Waals surface area contributed by atoms with E-state index in [1.165, 1.54) is 16.7 Å². The lowest BCUT2D eigenvalue weighted by molar-refractivity contribution is 0.112. The maximum atomic E-state index is 11.8. The highest BCUT2D eigenvalue weighted by atomic mass is 16.1. The van der Waals surface area contributed by atoms with Gasteiger partial charge in [-0.15, -0.1) is 0 Å². The fourth-order valence-corrected chi connectivity index (χ4v) is 3.40. The average molecular weight is 339 g/mol. The van der Waals surface area contributed by atoms with Gasteiger partial charge in [0.2, 0.25) is 0 Å². The quantitative estimate of drug-likeness (QED) is 0.426. The Morgan fingerprint density at radius 2 is 1.46 bits per heavy atom. The molecule has 0 unspecified atom stereocenters. The second kappa shape index (κ2) is 6.64. The van der Waals surface area contributed by atoms with Crippen LogP contribution in [0.1, 0.15) is 35.7 Å². The number of aldehydes is 1. The van der Waals surface area contributed by atoms with Gasteiger partial charge in [-0.1, -0.05) is 74.5 Å². The number of aromatic nitrogens is 1. The van der Waals surface area contributed by atoms with Crippen molar-refractivity contribution in [3.63, 3.8) is 0 Å². The van der Waals surface area contributed by atoms with E-state index in [0.29, 0.717) is 5.92 Å². The topological polar surface area (TPSA) is 32.9 Å². The molecule has 0 amide bonds. The zero-order valence-electron chi connectivity index (χ0n) is 15.0. The summed E-state index contributed by atoms with van der Waals surface area (Å²) in [6.45, 7) is 4.33. The summed E-state index contributed by atoms with van der Waals surface area (Å²) in [5.74, 6) is 0.433. The monoisotopic (exact) mass is 339 g/mol. The highest BCUT2D eigenvalue weighted by Gasteiger charge is 2.14. The minimum atomic E-state index is 0.433. The van der Waals surface area contributed by atoms with E-state index in [1.807, 2.05) is 18.2 Å². The van der Waals surface area contributed by atoms with Crippen LogP contribution in [-0.4, -0.2) is 11.3 Å². The standard InChI is InChI=1S/C24H21NO/c1-16(2)20-12-13-23-21(14-20)22(15-26)24(25-23)19-10-8-18(9-11-19)17-6-4-3-5-7-17/h3-16,25H,1-2H3. The van der Waals surface area contributed by atoms with E-state index in [9.17, 15) is 4.79 Å². The lowest BCUT2D eigenvalue weighted by Gasteiger charge is -2.05. The van der Waals surface area contributed by atoms with Gasteiger partial charge in [0.1, 0.15) is 0 Å². The molecule has 128 valence electrons. The second-order valence-electron chi connectivity index (χ2n) is 6.93. The van der Waals surface area contributed by atoms with Crippen molar-refractivity contribution in [2.24, 2.45) is 0 Å². The third-order valence-corrected chi connectivity index (χ3v) is 4.93. The molecule has 2 nitrogen and oxygen atoms in total. The van der Waals surface area contributed by atoms with Crippen LogP contribution in [0.3, 0.4) is 0 Å². The number of aromatic amines is 1. The Balaban J connectivity index is 1.80. The Morgan fingerprint density at radius 3 is 2.12 bits per heavy atom. The van der Waals surface area contributed by atoms with Crippen molar-refractivity contribution in [2.45, 2.75) is 19.8 Å². The van der Waals surface area contributed by atoms with Crippen molar-refractivity contribution in [1.82, 2.24) is 4.98 Å². The van der Waals surface area contributed by atoms with Crippen LogP contribution in [0.2, 0.25) is 0 Å². The van der Waals surface area contributed by atoms with Gasteiger partial charge < -0.3 is 4.98 Å². The minimum absolute atomic E-state index is 0.433. The predicted octanol–water partition coefficient (Wildman–Crippen LogP) is 6.44. The fraction of sp³-hybridized carbons (Fsp3) is 0.125. The Hall–Kier alpha value is -3.13. The fourth-order valence-electron chi connectivity index (χ4n) is 3.40. The van der Waals surface area contributed by atoms with E-state index in [1.54, 1.807) is 0 Å². The van der Waals surface area contributed by atoms with Crippen LogP contribution in [0.4, 0.5) is 0 Å². The molecule has 3 aromatic carbocycles. The van der Waals surface area contributed by atoms with Gasteiger partial charge in [-0.3, -0.25) is 4.79 Å². The molecule has 26 heavy (non-hydrogen) atoms. The zero-order valence-corrected chi connectivity index (χ0v) is 15.0. The van der Waals surface area contributed by atoms with Gasteiger partial charge in [-0.2, -0.15) is 0 Å².